The third-order valence-corrected chi connectivity index (χ3v) is 8.81. The van der Waals surface area contributed by atoms with Crippen molar-refractivity contribution in [1.29, 1.82) is 0 Å². The van der Waals surface area contributed by atoms with E-state index in [9.17, 15) is 18.7 Å². The molecule has 1 N–H and O–H groups in total. The highest BCUT2D eigenvalue weighted by Gasteiger charge is 2.44. The van der Waals surface area contributed by atoms with Gasteiger partial charge in [0.25, 0.3) is 0 Å². The first-order valence-electron chi connectivity index (χ1n) is 14.5. The van der Waals surface area contributed by atoms with Crippen LogP contribution in [0.2, 0.25) is 5.02 Å². The molecule has 7 rings (SSSR count). The lowest BCUT2D eigenvalue weighted by atomic mass is 9.96. The summed E-state index contributed by atoms with van der Waals surface area (Å²) in [6.07, 6.45) is 2.02. The van der Waals surface area contributed by atoms with Gasteiger partial charge >= 0.3 is 5.97 Å². The number of nitrogens with zero attached hydrogens (tertiary/aromatic N) is 3. The van der Waals surface area contributed by atoms with E-state index in [1.54, 1.807) is 30.3 Å². The smallest absolute Gasteiger partial charge is 0.335 e. The van der Waals surface area contributed by atoms with Crippen LogP contribution in [0.1, 0.15) is 45.7 Å². The number of pyridine rings is 1. The number of carbonyl (C=O) groups is 1. The summed E-state index contributed by atoms with van der Waals surface area (Å²) in [4.78, 5) is 21.0. The number of hydrogen-bond acceptors (Lipinski definition) is 5. The molecule has 1 saturated carbocycles. The van der Waals surface area contributed by atoms with Crippen molar-refractivity contribution in [3.63, 3.8) is 0 Å². The first kappa shape index (κ1) is 29.2. The minimum atomic E-state index is -1.07. The fourth-order valence-electron chi connectivity index (χ4n) is 5.85. The molecule has 230 valence electrons. The Bertz CT molecular complexity index is 1970. The molecule has 5 aromatic rings. The average Bonchev–Trinajstić information content (AvgIpc) is 3.49. The van der Waals surface area contributed by atoms with Crippen LogP contribution in [0.25, 0.3) is 22.3 Å². The van der Waals surface area contributed by atoms with Crippen molar-refractivity contribution >= 4 is 28.6 Å². The van der Waals surface area contributed by atoms with Crippen molar-refractivity contribution < 1.29 is 32.5 Å². The number of carboxylic acids is 1. The molecule has 0 amide bonds. The Morgan fingerprint density at radius 3 is 2.67 bits per heavy atom. The van der Waals surface area contributed by atoms with Gasteiger partial charge in [-0.05, 0) is 55.3 Å². The van der Waals surface area contributed by atoms with Gasteiger partial charge in [-0.25, -0.2) is 23.5 Å². The lowest BCUT2D eigenvalue weighted by molar-refractivity contribution is 0.0697. The summed E-state index contributed by atoms with van der Waals surface area (Å²) in [6.45, 7) is 0.114. The molecule has 0 spiro atoms. The molecule has 0 bridgehead atoms. The number of ether oxygens (including phenoxy) is 2. The Labute approximate surface area is 261 Å². The molecule has 3 aromatic carbocycles. The van der Waals surface area contributed by atoms with Gasteiger partial charge < -0.3 is 19.1 Å². The van der Waals surface area contributed by atoms with Crippen molar-refractivity contribution in [1.82, 2.24) is 14.5 Å². The lowest BCUT2D eigenvalue weighted by Gasteiger charge is -2.17. The quantitative estimate of drug-likeness (QED) is 0.171. The van der Waals surface area contributed by atoms with Crippen LogP contribution < -0.4 is 9.47 Å². The second-order valence-corrected chi connectivity index (χ2v) is 12.0. The Kier molecular flexibility index (Phi) is 7.40. The molecular weight excluding hydrogens is 607 g/mol. The zero-order chi connectivity index (χ0) is 31.3. The third-order valence-electron chi connectivity index (χ3n) is 8.57. The highest BCUT2D eigenvalue weighted by Crippen LogP contribution is 2.48. The summed E-state index contributed by atoms with van der Waals surface area (Å²) in [7, 11) is 0. The monoisotopic (exact) mass is 633 g/mol. The maximum absolute atomic E-state index is 16.1. The van der Waals surface area contributed by atoms with Gasteiger partial charge in [0.05, 0.1) is 35.6 Å². The number of aromatic nitrogens is 3. The maximum Gasteiger partial charge on any atom is 0.335 e. The molecule has 0 unspecified atom stereocenters. The fraction of sp³-hybridized carbons (Fsp3) is 0.265. The topological polar surface area (TPSA) is 86.5 Å². The molecule has 2 aliphatic rings. The van der Waals surface area contributed by atoms with Gasteiger partial charge in [-0.2, -0.15) is 0 Å². The molecule has 0 atom stereocenters. The van der Waals surface area contributed by atoms with E-state index >= 15 is 4.39 Å². The summed E-state index contributed by atoms with van der Waals surface area (Å²) in [5.74, 6) is -0.768. The summed E-state index contributed by atoms with van der Waals surface area (Å²) in [6, 6.07) is 15.4. The maximum atomic E-state index is 16.1. The van der Waals surface area contributed by atoms with Crippen LogP contribution in [0.3, 0.4) is 0 Å². The van der Waals surface area contributed by atoms with Gasteiger partial charge in [0.15, 0.2) is 0 Å². The Hall–Kier alpha value is -4.57. The molecule has 0 saturated heterocycles. The molecule has 45 heavy (non-hydrogen) atoms. The molecule has 11 heteroatoms. The molecule has 1 fully saturated rings. The van der Waals surface area contributed by atoms with Crippen LogP contribution >= 0.6 is 11.6 Å². The minimum Gasteiger partial charge on any atom is -0.492 e. The second-order valence-electron chi connectivity index (χ2n) is 11.6. The normalized spacial score (nSPS) is 14.8. The summed E-state index contributed by atoms with van der Waals surface area (Å²) >= 11 is 5.84. The molecular formula is C34H27ClF3N3O4. The number of hydrogen-bond donors (Lipinski definition) is 1. The van der Waals surface area contributed by atoms with E-state index in [1.165, 1.54) is 30.3 Å². The Morgan fingerprint density at radius 2 is 1.91 bits per heavy atom. The molecule has 0 radical (unpaired) electrons. The number of benzene rings is 3. The highest BCUT2D eigenvalue weighted by atomic mass is 35.5. The summed E-state index contributed by atoms with van der Waals surface area (Å²) in [5.41, 5.74) is 3.03. The van der Waals surface area contributed by atoms with E-state index in [-0.39, 0.29) is 29.5 Å². The predicted octanol–water partition coefficient (Wildman–Crippen LogP) is 7.58. The number of imidazole rings is 1. The van der Waals surface area contributed by atoms with Crippen molar-refractivity contribution in [3.8, 4) is 22.9 Å². The molecule has 1 aliphatic heterocycles. The molecule has 7 nitrogen and oxygen atoms in total. The van der Waals surface area contributed by atoms with Gasteiger partial charge in [-0.15, -0.1) is 0 Å². The van der Waals surface area contributed by atoms with Crippen LogP contribution in [0.5, 0.6) is 11.6 Å². The van der Waals surface area contributed by atoms with Gasteiger partial charge in [-0.1, -0.05) is 23.7 Å². The standard InChI is InChI=1S/C34H27ClF3N3O4/c35-21-6-4-20(25(37)13-21)16-45-31-3-1-2-27(40-31)24-14-26(38)23(22-8-11-44-32(22)24)15-30-39-28-7-5-19(33(42)43)12-29(28)41(30)18-34(17-36)9-10-34/h1-7,12-14H,8-11,15-18H2,(H,42,43). The number of fused-ring (bicyclic) bond motifs is 2. The van der Waals surface area contributed by atoms with E-state index in [2.05, 4.69) is 4.98 Å². The minimum absolute atomic E-state index is 0.0694. The summed E-state index contributed by atoms with van der Waals surface area (Å²) < 4.78 is 57.9. The van der Waals surface area contributed by atoms with Crippen molar-refractivity contribution in [3.05, 3.63) is 105 Å². The van der Waals surface area contributed by atoms with Crippen LogP contribution in [0.15, 0.2) is 60.7 Å². The highest BCUT2D eigenvalue weighted by molar-refractivity contribution is 6.30. The molecule has 3 heterocycles. The lowest BCUT2D eigenvalue weighted by Crippen LogP contribution is -2.17. The number of carboxylic acid groups (broad SMARTS) is 1. The predicted molar refractivity (Wildman–Crippen MR) is 162 cm³/mol. The fourth-order valence-corrected chi connectivity index (χ4v) is 6.00. The molecule has 1 aliphatic carbocycles. The van der Waals surface area contributed by atoms with Crippen molar-refractivity contribution in [2.45, 2.75) is 38.8 Å². The zero-order valence-corrected chi connectivity index (χ0v) is 24.7. The number of aromatic carboxylic acids is 1. The van der Waals surface area contributed by atoms with Crippen molar-refractivity contribution in [2.75, 3.05) is 13.3 Å². The van der Waals surface area contributed by atoms with Crippen LogP contribution in [0, 0.1) is 17.0 Å². The number of halogens is 4. The first-order valence-corrected chi connectivity index (χ1v) is 14.9. The van der Waals surface area contributed by atoms with Gasteiger partial charge in [0.1, 0.15) is 29.8 Å². The van der Waals surface area contributed by atoms with E-state index in [4.69, 9.17) is 26.1 Å². The first-order chi connectivity index (χ1) is 21.7. The van der Waals surface area contributed by atoms with E-state index in [0.29, 0.717) is 70.1 Å². The third kappa shape index (κ3) is 5.59. The van der Waals surface area contributed by atoms with Gasteiger partial charge in [0.2, 0.25) is 5.88 Å². The average molecular weight is 634 g/mol. The van der Waals surface area contributed by atoms with E-state index < -0.39 is 29.7 Å². The van der Waals surface area contributed by atoms with E-state index in [1.807, 2.05) is 4.57 Å². The van der Waals surface area contributed by atoms with Gasteiger partial charge in [0, 0.05) is 58.1 Å². The largest absolute Gasteiger partial charge is 0.492 e. The van der Waals surface area contributed by atoms with Crippen molar-refractivity contribution in [2.24, 2.45) is 5.41 Å². The number of rotatable bonds is 10. The van der Waals surface area contributed by atoms with Gasteiger partial charge in [-0.3, -0.25) is 4.39 Å². The second kappa shape index (κ2) is 11.4. The van der Waals surface area contributed by atoms with Crippen LogP contribution in [-0.2, 0) is 26.0 Å². The Morgan fingerprint density at radius 1 is 1.07 bits per heavy atom. The van der Waals surface area contributed by atoms with Crippen LogP contribution in [0.4, 0.5) is 13.2 Å². The van der Waals surface area contributed by atoms with Crippen LogP contribution in [-0.4, -0.2) is 38.9 Å². The zero-order valence-electron chi connectivity index (χ0n) is 24.0. The SMILES string of the molecule is O=C(O)c1ccc2nc(Cc3c(F)cc(-c4cccc(OCc5ccc(Cl)cc5F)n4)c4c3CCO4)n(CC3(CF)CC3)c2c1. The summed E-state index contributed by atoms with van der Waals surface area (Å²) in [5, 5.41) is 9.85. The molecule has 2 aromatic heterocycles. The number of alkyl halides is 1. The Balaban J connectivity index is 1.23. The van der Waals surface area contributed by atoms with E-state index in [0.717, 1.165) is 12.8 Å².